The number of nitrogens with one attached hydrogen (secondary N) is 1. The molecule has 3 N–H and O–H groups in total. The van der Waals surface area contributed by atoms with E-state index >= 15 is 0 Å². The van der Waals surface area contributed by atoms with Crippen LogP contribution in [0.3, 0.4) is 0 Å². The van der Waals surface area contributed by atoms with Crippen LogP contribution in [-0.2, 0) is 4.74 Å². The van der Waals surface area contributed by atoms with Gasteiger partial charge in [-0.2, -0.15) is 10.3 Å². The van der Waals surface area contributed by atoms with Crippen LogP contribution in [-0.4, -0.2) is 27.0 Å². The van der Waals surface area contributed by atoms with Gasteiger partial charge >= 0.3 is 0 Å². The lowest BCUT2D eigenvalue weighted by Crippen LogP contribution is -2.20. The van der Waals surface area contributed by atoms with Crippen molar-refractivity contribution >= 4 is 17.0 Å². The van der Waals surface area contributed by atoms with Crippen molar-refractivity contribution in [2.75, 3.05) is 12.3 Å². The van der Waals surface area contributed by atoms with Gasteiger partial charge in [-0.15, -0.1) is 5.10 Å². The van der Waals surface area contributed by atoms with Gasteiger partial charge in [-0.3, -0.25) is 0 Å². The minimum atomic E-state index is 0.204. The molecule has 0 bridgehead atoms. The number of nitrogen functional groups attached to an aromatic ring is 1. The van der Waals surface area contributed by atoms with Crippen molar-refractivity contribution in [3.8, 4) is 0 Å². The molecule has 5 rings (SSSR count). The summed E-state index contributed by atoms with van der Waals surface area (Å²) in [4.78, 5) is 4.31. The minimum absolute atomic E-state index is 0.204. The van der Waals surface area contributed by atoms with Crippen LogP contribution in [0.4, 0.5) is 5.82 Å². The number of rotatable bonds is 7. The summed E-state index contributed by atoms with van der Waals surface area (Å²) in [6, 6.07) is 23.1. The fourth-order valence-corrected chi connectivity index (χ4v) is 4.91. The van der Waals surface area contributed by atoms with Gasteiger partial charge in [0.2, 0.25) is 5.65 Å². The van der Waals surface area contributed by atoms with Gasteiger partial charge in [0, 0.05) is 5.92 Å². The number of hydrogen-bond donors (Lipinski definition) is 2. The molecule has 0 spiro atoms. The highest BCUT2D eigenvalue weighted by atomic mass is 16.5. The number of aromatic amines is 1. The zero-order chi connectivity index (χ0) is 21.8. The summed E-state index contributed by atoms with van der Waals surface area (Å²) in [5.74, 6) is 1.30. The van der Waals surface area contributed by atoms with Crippen LogP contribution in [0.5, 0.6) is 0 Å². The van der Waals surface area contributed by atoms with Gasteiger partial charge < -0.3 is 10.5 Å². The summed E-state index contributed by atoms with van der Waals surface area (Å²) in [6.07, 6.45) is 5.85. The molecule has 0 aliphatic carbocycles. The molecule has 6 heteroatoms. The van der Waals surface area contributed by atoms with Crippen LogP contribution in [0.2, 0.25) is 0 Å². The first-order chi connectivity index (χ1) is 15.8. The number of nitrogens with two attached hydrogens (primary N) is 1. The van der Waals surface area contributed by atoms with E-state index in [0.29, 0.717) is 17.4 Å². The summed E-state index contributed by atoms with van der Waals surface area (Å²) in [7, 11) is 0. The van der Waals surface area contributed by atoms with E-state index in [1.165, 1.54) is 17.5 Å². The quantitative estimate of drug-likeness (QED) is 0.412. The normalized spacial score (nSPS) is 19.8. The summed E-state index contributed by atoms with van der Waals surface area (Å²) < 4.78 is 6.22. The van der Waals surface area contributed by atoms with Crippen molar-refractivity contribution in [1.82, 2.24) is 20.4 Å². The Kier molecular flexibility index (Phi) is 6.12. The number of aromatic nitrogens is 4. The third-order valence-corrected chi connectivity index (χ3v) is 6.57. The highest BCUT2D eigenvalue weighted by molar-refractivity contribution is 5.77. The molecular formula is C26H29N5O. The largest absolute Gasteiger partial charge is 0.384 e. The van der Waals surface area contributed by atoms with E-state index in [1.54, 1.807) is 0 Å². The van der Waals surface area contributed by atoms with E-state index in [9.17, 15) is 0 Å². The predicted octanol–water partition coefficient (Wildman–Crippen LogP) is 5.41. The SMILES string of the molecule is Nc1cc(C(CCC[C@H]2CC[C@@H](c3ccccc3)OC2)c2ccccc2)c2n[nH]nc2n1. The lowest BCUT2D eigenvalue weighted by molar-refractivity contribution is -0.0199. The molecule has 2 aromatic carbocycles. The maximum atomic E-state index is 6.22. The molecule has 0 amide bonds. The van der Waals surface area contributed by atoms with Crippen molar-refractivity contribution in [3.63, 3.8) is 0 Å². The fraction of sp³-hybridized carbons (Fsp3) is 0.346. The molecule has 1 fully saturated rings. The first-order valence-electron chi connectivity index (χ1n) is 11.5. The number of nitrogens with zero attached hydrogens (tertiary/aromatic N) is 3. The summed E-state index contributed by atoms with van der Waals surface area (Å²) in [5, 5.41) is 11.2. The first kappa shape index (κ1) is 20.6. The van der Waals surface area contributed by atoms with Crippen LogP contribution in [0, 0.1) is 5.92 Å². The standard InChI is InChI=1S/C26H29N5O/c27-24-16-22(25-26(28-24)30-31-29-25)21(19-9-3-1-4-10-19)13-7-8-18-14-15-23(32-17-18)20-11-5-2-6-12-20/h1-6,9-12,16,18,21,23H,7-8,13-15,17H2,(H3,27,28,29,30,31)/t18-,21?,23-/m0/s1. The van der Waals surface area contributed by atoms with E-state index < -0.39 is 0 Å². The third-order valence-electron chi connectivity index (χ3n) is 6.57. The van der Waals surface area contributed by atoms with Gasteiger partial charge in [-0.25, -0.2) is 4.98 Å². The molecular weight excluding hydrogens is 398 g/mol. The molecule has 1 aliphatic heterocycles. The Hall–Kier alpha value is -3.25. The Morgan fingerprint density at radius 3 is 2.53 bits per heavy atom. The second kappa shape index (κ2) is 9.49. The third kappa shape index (κ3) is 4.50. The number of fused-ring (bicyclic) bond motifs is 1. The Labute approximate surface area is 188 Å². The van der Waals surface area contributed by atoms with Crippen molar-refractivity contribution in [3.05, 3.63) is 83.4 Å². The molecule has 0 saturated carbocycles. The van der Waals surface area contributed by atoms with Crippen LogP contribution in [0.25, 0.3) is 11.2 Å². The molecule has 1 saturated heterocycles. The summed E-state index contributed by atoms with van der Waals surface area (Å²) >= 11 is 0. The number of pyridine rings is 1. The van der Waals surface area contributed by atoms with E-state index in [1.807, 2.05) is 6.07 Å². The average molecular weight is 428 g/mol. The zero-order valence-corrected chi connectivity index (χ0v) is 18.2. The zero-order valence-electron chi connectivity index (χ0n) is 18.2. The molecule has 164 valence electrons. The van der Waals surface area contributed by atoms with Gasteiger partial charge in [0.25, 0.3) is 0 Å². The lowest BCUT2D eigenvalue weighted by atomic mass is 9.84. The fourth-order valence-electron chi connectivity index (χ4n) is 4.91. The number of benzene rings is 2. The lowest BCUT2D eigenvalue weighted by Gasteiger charge is -2.30. The molecule has 3 atom stereocenters. The van der Waals surface area contributed by atoms with Crippen molar-refractivity contribution < 1.29 is 4.74 Å². The van der Waals surface area contributed by atoms with E-state index in [0.717, 1.165) is 43.4 Å². The Morgan fingerprint density at radius 2 is 1.78 bits per heavy atom. The van der Waals surface area contributed by atoms with Crippen molar-refractivity contribution in [1.29, 1.82) is 0 Å². The molecule has 1 unspecified atom stereocenters. The smallest absolute Gasteiger partial charge is 0.203 e. The summed E-state index contributed by atoms with van der Waals surface area (Å²) in [6.45, 7) is 0.839. The molecule has 32 heavy (non-hydrogen) atoms. The summed E-state index contributed by atoms with van der Waals surface area (Å²) in [5.41, 5.74) is 11.1. The van der Waals surface area contributed by atoms with Gasteiger partial charge in [-0.1, -0.05) is 67.1 Å². The number of hydrogen-bond acceptors (Lipinski definition) is 5. The van der Waals surface area contributed by atoms with E-state index in [-0.39, 0.29) is 12.0 Å². The van der Waals surface area contributed by atoms with Crippen LogP contribution in [0.15, 0.2) is 66.7 Å². The van der Waals surface area contributed by atoms with Crippen LogP contribution >= 0.6 is 0 Å². The number of ether oxygens (including phenoxy) is 1. The highest BCUT2D eigenvalue weighted by Crippen LogP contribution is 2.36. The molecule has 3 heterocycles. The van der Waals surface area contributed by atoms with Crippen LogP contribution < -0.4 is 5.73 Å². The van der Waals surface area contributed by atoms with Gasteiger partial charge in [0.15, 0.2) is 0 Å². The topological polar surface area (TPSA) is 89.7 Å². The molecule has 1 aliphatic rings. The average Bonchev–Trinajstić information content (AvgIpc) is 3.31. The van der Waals surface area contributed by atoms with Crippen molar-refractivity contribution in [2.45, 2.75) is 44.1 Å². The number of anilines is 1. The molecule has 2 aromatic heterocycles. The van der Waals surface area contributed by atoms with E-state index in [2.05, 4.69) is 81.1 Å². The van der Waals surface area contributed by atoms with Gasteiger partial charge in [0.05, 0.1) is 12.7 Å². The Morgan fingerprint density at radius 1 is 1.00 bits per heavy atom. The maximum absolute atomic E-state index is 6.22. The van der Waals surface area contributed by atoms with Gasteiger partial charge in [-0.05, 0) is 54.4 Å². The predicted molar refractivity (Wildman–Crippen MR) is 126 cm³/mol. The second-order valence-electron chi connectivity index (χ2n) is 8.70. The monoisotopic (exact) mass is 427 g/mol. The molecule has 6 nitrogen and oxygen atoms in total. The van der Waals surface area contributed by atoms with Gasteiger partial charge in [0.1, 0.15) is 11.3 Å². The number of H-pyrrole nitrogens is 1. The molecule has 0 radical (unpaired) electrons. The maximum Gasteiger partial charge on any atom is 0.203 e. The molecule has 4 aromatic rings. The van der Waals surface area contributed by atoms with E-state index in [4.69, 9.17) is 10.5 Å². The Balaban J connectivity index is 1.26. The van der Waals surface area contributed by atoms with Crippen LogP contribution in [0.1, 0.15) is 60.8 Å². The Bertz CT molecular complexity index is 1140. The first-order valence-corrected chi connectivity index (χ1v) is 11.5. The highest BCUT2D eigenvalue weighted by Gasteiger charge is 2.24. The second-order valence-corrected chi connectivity index (χ2v) is 8.70. The van der Waals surface area contributed by atoms with Crippen molar-refractivity contribution in [2.24, 2.45) is 5.92 Å². The minimum Gasteiger partial charge on any atom is -0.384 e.